The van der Waals surface area contributed by atoms with Crippen molar-refractivity contribution in [1.29, 1.82) is 0 Å². The molecule has 0 aliphatic heterocycles. The zero-order valence-electron chi connectivity index (χ0n) is 11.6. The highest BCUT2D eigenvalue weighted by atomic mass is 16.1. The third-order valence-electron chi connectivity index (χ3n) is 4.37. The number of aromatic amines is 1. The van der Waals surface area contributed by atoms with Gasteiger partial charge in [0.05, 0.1) is 0 Å². The van der Waals surface area contributed by atoms with E-state index in [0.29, 0.717) is 12.5 Å². The Balaban J connectivity index is 1.73. The van der Waals surface area contributed by atoms with Crippen LogP contribution in [0.3, 0.4) is 0 Å². The van der Waals surface area contributed by atoms with Crippen LogP contribution in [-0.2, 0) is 4.79 Å². The second kappa shape index (κ2) is 5.67. The summed E-state index contributed by atoms with van der Waals surface area (Å²) in [5, 5.41) is 4.16. The largest absolute Gasteiger partial charge is 0.361 e. The van der Waals surface area contributed by atoms with Gasteiger partial charge in [-0.2, -0.15) is 0 Å². The minimum Gasteiger partial charge on any atom is -0.361 e. The van der Waals surface area contributed by atoms with E-state index in [2.05, 4.69) is 10.3 Å². The van der Waals surface area contributed by atoms with Crippen LogP contribution in [0.5, 0.6) is 0 Å². The summed E-state index contributed by atoms with van der Waals surface area (Å²) in [6.45, 7) is 0.606. The Kier molecular flexibility index (Phi) is 3.74. The molecule has 2 aromatic rings. The van der Waals surface area contributed by atoms with Gasteiger partial charge < -0.3 is 16.0 Å². The first-order chi connectivity index (χ1) is 9.78. The maximum absolute atomic E-state index is 12.4. The molecule has 1 aliphatic carbocycles. The van der Waals surface area contributed by atoms with Crippen molar-refractivity contribution in [2.75, 3.05) is 11.9 Å². The van der Waals surface area contributed by atoms with Gasteiger partial charge in [0, 0.05) is 28.7 Å². The first-order valence-corrected chi connectivity index (χ1v) is 7.36. The number of rotatable bonds is 3. The smallest absolute Gasteiger partial charge is 0.227 e. The highest BCUT2D eigenvalue weighted by Gasteiger charge is 2.29. The number of carbonyl (C=O) groups is 1. The van der Waals surface area contributed by atoms with Gasteiger partial charge in [-0.15, -0.1) is 0 Å². The molecule has 4 heteroatoms. The molecule has 1 fully saturated rings. The van der Waals surface area contributed by atoms with E-state index in [1.54, 1.807) is 0 Å². The molecule has 1 saturated carbocycles. The van der Waals surface area contributed by atoms with Gasteiger partial charge in [-0.1, -0.05) is 12.8 Å². The molecule has 1 heterocycles. The van der Waals surface area contributed by atoms with E-state index in [1.165, 1.54) is 6.42 Å². The van der Waals surface area contributed by atoms with E-state index in [1.807, 2.05) is 30.5 Å². The molecule has 0 spiro atoms. The van der Waals surface area contributed by atoms with E-state index < -0.39 is 0 Å². The molecule has 2 unspecified atom stereocenters. The van der Waals surface area contributed by atoms with Crippen molar-refractivity contribution in [2.45, 2.75) is 25.7 Å². The van der Waals surface area contributed by atoms with Crippen molar-refractivity contribution in [3.05, 3.63) is 30.5 Å². The van der Waals surface area contributed by atoms with Crippen LogP contribution in [0.2, 0.25) is 0 Å². The van der Waals surface area contributed by atoms with Crippen molar-refractivity contribution in [3.63, 3.8) is 0 Å². The first kappa shape index (κ1) is 13.2. The molecule has 20 heavy (non-hydrogen) atoms. The number of aromatic nitrogens is 1. The number of amides is 1. The van der Waals surface area contributed by atoms with E-state index in [4.69, 9.17) is 5.73 Å². The van der Waals surface area contributed by atoms with Crippen LogP contribution in [-0.4, -0.2) is 17.4 Å². The Morgan fingerprint density at radius 3 is 3.00 bits per heavy atom. The summed E-state index contributed by atoms with van der Waals surface area (Å²) in [6.07, 6.45) is 6.26. The molecule has 3 rings (SSSR count). The Morgan fingerprint density at radius 1 is 1.30 bits per heavy atom. The number of H-pyrrole nitrogens is 1. The van der Waals surface area contributed by atoms with Crippen molar-refractivity contribution in [3.8, 4) is 0 Å². The number of hydrogen-bond donors (Lipinski definition) is 3. The number of nitrogens with one attached hydrogen (secondary N) is 2. The summed E-state index contributed by atoms with van der Waals surface area (Å²) < 4.78 is 0. The highest BCUT2D eigenvalue weighted by molar-refractivity contribution is 5.95. The van der Waals surface area contributed by atoms with Gasteiger partial charge in [-0.3, -0.25) is 4.79 Å². The monoisotopic (exact) mass is 271 g/mol. The second-order valence-electron chi connectivity index (χ2n) is 5.66. The van der Waals surface area contributed by atoms with Crippen LogP contribution in [0.25, 0.3) is 10.9 Å². The van der Waals surface area contributed by atoms with Crippen LogP contribution in [0.4, 0.5) is 5.69 Å². The molecule has 1 aromatic heterocycles. The predicted octanol–water partition coefficient (Wildman–Crippen LogP) is 2.87. The summed E-state index contributed by atoms with van der Waals surface area (Å²) in [5.41, 5.74) is 7.75. The number of benzene rings is 1. The van der Waals surface area contributed by atoms with E-state index in [0.717, 1.165) is 35.9 Å². The van der Waals surface area contributed by atoms with Crippen LogP contribution in [0, 0.1) is 11.8 Å². The molecule has 0 radical (unpaired) electrons. The second-order valence-corrected chi connectivity index (χ2v) is 5.66. The van der Waals surface area contributed by atoms with Crippen molar-refractivity contribution in [1.82, 2.24) is 4.98 Å². The zero-order valence-corrected chi connectivity index (χ0v) is 11.6. The van der Waals surface area contributed by atoms with Gasteiger partial charge in [0.15, 0.2) is 0 Å². The number of nitrogens with two attached hydrogens (primary N) is 1. The molecule has 0 saturated heterocycles. The Morgan fingerprint density at radius 2 is 2.15 bits per heavy atom. The van der Waals surface area contributed by atoms with Gasteiger partial charge in [-0.25, -0.2) is 0 Å². The van der Waals surface area contributed by atoms with Crippen LogP contribution >= 0.6 is 0 Å². The SMILES string of the molecule is NCC1CCCCC1C(=O)Nc1ccc2[nH]ccc2c1. The molecule has 2 atom stereocenters. The number of fused-ring (bicyclic) bond motifs is 1. The van der Waals surface area contributed by atoms with Crippen LogP contribution in [0.15, 0.2) is 30.5 Å². The standard InChI is InChI=1S/C16H21N3O/c17-10-12-3-1-2-4-14(12)16(20)19-13-5-6-15-11(9-13)7-8-18-15/h5-9,12,14,18H,1-4,10,17H2,(H,19,20). The molecule has 1 aliphatic rings. The fourth-order valence-corrected chi connectivity index (χ4v) is 3.20. The summed E-state index contributed by atoms with van der Waals surface area (Å²) in [7, 11) is 0. The topological polar surface area (TPSA) is 70.9 Å². The molecule has 1 amide bonds. The number of hydrogen-bond acceptors (Lipinski definition) is 2. The Labute approximate surface area is 118 Å². The van der Waals surface area contributed by atoms with Gasteiger partial charge in [0.1, 0.15) is 0 Å². The predicted molar refractivity (Wildman–Crippen MR) is 81.4 cm³/mol. The van der Waals surface area contributed by atoms with Crippen molar-refractivity contribution < 1.29 is 4.79 Å². The summed E-state index contributed by atoms with van der Waals surface area (Å²) >= 11 is 0. The quantitative estimate of drug-likeness (QED) is 0.803. The lowest BCUT2D eigenvalue weighted by Crippen LogP contribution is -2.35. The third kappa shape index (κ3) is 2.56. The van der Waals surface area contributed by atoms with E-state index in [-0.39, 0.29) is 11.8 Å². The molecule has 4 nitrogen and oxygen atoms in total. The zero-order chi connectivity index (χ0) is 13.9. The number of carbonyl (C=O) groups excluding carboxylic acids is 1. The summed E-state index contributed by atoms with van der Waals surface area (Å²) in [6, 6.07) is 7.95. The maximum Gasteiger partial charge on any atom is 0.227 e. The Hall–Kier alpha value is -1.81. The first-order valence-electron chi connectivity index (χ1n) is 7.36. The van der Waals surface area contributed by atoms with Gasteiger partial charge in [0.2, 0.25) is 5.91 Å². The lowest BCUT2D eigenvalue weighted by molar-refractivity contribution is -0.122. The van der Waals surface area contributed by atoms with Crippen LogP contribution in [0.1, 0.15) is 25.7 Å². The maximum atomic E-state index is 12.4. The van der Waals surface area contributed by atoms with Gasteiger partial charge in [0.25, 0.3) is 0 Å². The fourth-order valence-electron chi connectivity index (χ4n) is 3.20. The van der Waals surface area contributed by atoms with E-state index in [9.17, 15) is 4.79 Å². The third-order valence-corrected chi connectivity index (χ3v) is 4.37. The van der Waals surface area contributed by atoms with Gasteiger partial charge >= 0.3 is 0 Å². The number of anilines is 1. The summed E-state index contributed by atoms with van der Waals surface area (Å²) in [4.78, 5) is 15.6. The van der Waals surface area contributed by atoms with Crippen molar-refractivity contribution >= 4 is 22.5 Å². The molecular weight excluding hydrogens is 250 g/mol. The lowest BCUT2D eigenvalue weighted by atomic mass is 9.78. The van der Waals surface area contributed by atoms with Crippen LogP contribution < -0.4 is 11.1 Å². The molecule has 106 valence electrons. The normalized spacial score (nSPS) is 22.9. The minimum absolute atomic E-state index is 0.0654. The summed E-state index contributed by atoms with van der Waals surface area (Å²) in [5.74, 6) is 0.519. The van der Waals surface area contributed by atoms with E-state index >= 15 is 0 Å². The average molecular weight is 271 g/mol. The molecule has 4 N–H and O–H groups in total. The Bertz CT molecular complexity index is 605. The van der Waals surface area contributed by atoms with Crippen molar-refractivity contribution in [2.24, 2.45) is 17.6 Å². The minimum atomic E-state index is 0.0654. The molecular formula is C16H21N3O. The lowest BCUT2D eigenvalue weighted by Gasteiger charge is -2.29. The molecule has 1 aromatic carbocycles. The fraction of sp³-hybridized carbons (Fsp3) is 0.438. The highest BCUT2D eigenvalue weighted by Crippen LogP contribution is 2.30. The average Bonchev–Trinajstić information content (AvgIpc) is 2.94. The van der Waals surface area contributed by atoms with Gasteiger partial charge in [-0.05, 0) is 49.6 Å². The molecule has 0 bridgehead atoms.